The molecule has 1 aromatic carbocycles. The van der Waals surface area contributed by atoms with Crippen molar-refractivity contribution >= 4 is 22.7 Å². The van der Waals surface area contributed by atoms with Crippen LogP contribution in [-0.4, -0.2) is 60.4 Å². The number of H-pyrrole nitrogens is 2. The lowest BCUT2D eigenvalue weighted by molar-refractivity contribution is 0.0674. The van der Waals surface area contributed by atoms with Gasteiger partial charge in [-0.2, -0.15) is 5.10 Å². The molecule has 36 heavy (non-hydrogen) atoms. The molecule has 1 aliphatic heterocycles. The van der Waals surface area contributed by atoms with Crippen molar-refractivity contribution in [2.24, 2.45) is 0 Å². The third kappa shape index (κ3) is 3.47. The van der Waals surface area contributed by atoms with Gasteiger partial charge >= 0.3 is 0 Å². The van der Waals surface area contributed by atoms with Gasteiger partial charge in [0.15, 0.2) is 5.82 Å². The molecule has 0 saturated heterocycles. The van der Waals surface area contributed by atoms with E-state index in [-0.39, 0.29) is 24.2 Å². The van der Waals surface area contributed by atoms with Crippen molar-refractivity contribution < 1.29 is 14.0 Å². The second-order valence-corrected chi connectivity index (χ2v) is 9.85. The van der Waals surface area contributed by atoms with Crippen LogP contribution < -0.4 is 0 Å². The smallest absolute Gasteiger partial charge is 0.272 e. The van der Waals surface area contributed by atoms with E-state index in [0.717, 1.165) is 40.6 Å². The van der Waals surface area contributed by atoms with Crippen molar-refractivity contribution in [1.29, 1.82) is 0 Å². The summed E-state index contributed by atoms with van der Waals surface area (Å²) in [6, 6.07) is 4.60. The number of amides is 2. The zero-order valence-electron chi connectivity index (χ0n) is 20.4. The first-order valence-corrected chi connectivity index (χ1v) is 12.0. The Morgan fingerprint density at radius 3 is 2.61 bits per heavy atom. The fourth-order valence-electron chi connectivity index (χ4n) is 5.12. The molecule has 0 unspecified atom stereocenters. The molecule has 1 aliphatic carbocycles. The van der Waals surface area contributed by atoms with E-state index in [2.05, 4.69) is 25.1 Å². The van der Waals surface area contributed by atoms with Crippen molar-refractivity contribution in [3.63, 3.8) is 0 Å². The van der Waals surface area contributed by atoms with Crippen molar-refractivity contribution in [2.75, 3.05) is 13.6 Å². The van der Waals surface area contributed by atoms with Crippen molar-refractivity contribution in [2.45, 2.75) is 45.2 Å². The average molecular weight is 488 g/mol. The third-order valence-corrected chi connectivity index (χ3v) is 7.43. The van der Waals surface area contributed by atoms with Gasteiger partial charge in [0.25, 0.3) is 11.8 Å². The van der Waals surface area contributed by atoms with E-state index in [9.17, 15) is 14.0 Å². The first kappa shape index (κ1) is 22.4. The predicted molar refractivity (Wildman–Crippen MR) is 130 cm³/mol. The second kappa shape index (κ2) is 7.97. The van der Waals surface area contributed by atoms with Crippen molar-refractivity contribution in [1.82, 2.24) is 34.9 Å². The lowest BCUT2D eigenvalue weighted by Crippen LogP contribution is -2.40. The number of hydrogen-bond acceptors (Lipinski definition) is 5. The minimum absolute atomic E-state index is 0.198. The first-order valence-electron chi connectivity index (χ1n) is 12.0. The molecule has 0 radical (unpaired) electrons. The Morgan fingerprint density at radius 2 is 1.89 bits per heavy atom. The number of nitrogens with one attached hydrogen (secondary N) is 2. The summed E-state index contributed by atoms with van der Waals surface area (Å²) in [5, 5.41) is 8.11. The number of aryl methyl sites for hydroxylation is 2. The molecule has 0 atom stereocenters. The van der Waals surface area contributed by atoms with Gasteiger partial charge in [-0.1, -0.05) is 0 Å². The molecule has 4 aromatic rings. The Kier molecular flexibility index (Phi) is 4.96. The van der Waals surface area contributed by atoms with E-state index in [1.54, 1.807) is 35.3 Å². The monoisotopic (exact) mass is 487 g/mol. The summed E-state index contributed by atoms with van der Waals surface area (Å²) in [4.78, 5) is 42.3. The number of carbonyl (C=O) groups is 2. The summed E-state index contributed by atoms with van der Waals surface area (Å²) in [5.74, 6) is -0.106. The number of benzene rings is 1. The number of rotatable bonds is 4. The molecule has 2 amide bonds. The molecule has 0 bridgehead atoms. The Bertz CT molecular complexity index is 1520. The number of hydrogen-bond donors (Lipinski definition) is 2. The quantitative estimate of drug-likeness (QED) is 0.458. The Balaban J connectivity index is 1.25. The number of aromatic nitrogens is 5. The largest absolute Gasteiger partial charge is 0.350 e. The molecule has 2 aliphatic rings. The van der Waals surface area contributed by atoms with Crippen LogP contribution in [-0.2, 0) is 18.5 Å². The lowest BCUT2D eigenvalue weighted by atomic mass is 10.0. The normalized spacial score (nSPS) is 16.2. The van der Waals surface area contributed by atoms with Crippen LogP contribution >= 0.6 is 0 Å². The van der Waals surface area contributed by atoms with Crippen LogP contribution in [0.15, 0.2) is 30.6 Å². The molecule has 10 heteroatoms. The van der Waals surface area contributed by atoms with Crippen LogP contribution in [0.2, 0.25) is 0 Å². The van der Waals surface area contributed by atoms with Gasteiger partial charge in [0.05, 0.1) is 12.2 Å². The third-order valence-electron chi connectivity index (χ3n) is 7.43. The highest BCUT2D eigenvalue weighted by Crippen LogP contribution is 2.49. The Morgan fingerprint density at radius 1 is 1.14 bits per heavy atom. The van der Waals surface area contributed by atoms with Crippen LogP contribution in [0.5, 0.6) is 0 Å². The number of halogens is 1. The van der Waals surface area contributed by atoms with Crippen LogP contribution in [0.4, 0.5) is 4.39 Å². The minimum Gasteiger partial charge on any atom is -0.350 e. The molecule has 0 spiro atoms. The number of carbonyl (C=O) groups excluding carboxylic acids is 2. The molecular formula is C26H26FN7O2. The van der Waals surface area contributed by atoms with E-state index in [1.807, 2.05) is 13.8 Å². The highest BCUT2D eigenvalue weighted by atomic mass is 19.1. The van der Waals surface area contributed by atoms with Crippen LogP contribution in [0.1, 0.15) is 62.0 Å². The molecule has 2 N–H and O–H groups in total. The molecule has 1 fully saturated rings. The highest BCUT2D eigenvalue weighted by Gasteiger charge is 2.53. The van der Waals surface area contributed by atoms with E-state index in [1.165, 1.54) is 12.1 Å². The maximum Gasteiger partial charge on any atom is 0.272 e. The zero-order valence-corrected chi connectivity index (χ0v) is 20.4. The van der Waals surface area contributed by atoms with Gasteiger partial charge in [0.2, 0.25) is 0 Å². The van der Waals surface area contributed by atoms with Crippen molar-refractivity contribution in [3.05, 3.63) is 76.0 Å². The summed E-state index contributed by atoms with van der Waals surface area (Å²) in [5.41, 5.74) is 4.09. The summed E-state index contributed by atoms with van der Waals surface area (Å²) in [6.45, 7) is 4.48. The number of aromatic amines is 2. The topological polar surface area (TPSA) is 111 Å². The van der Waals surface area contributed by atoms with Crippen LogP contribution in [0.3, 0.4) is 0 Å². The maximum absolute atomic E-state index is 13.8. The van der Waals surface area contributed by atoms with Gasteiger partial charge in [-0.3, -0.25) is 14.7 Å². The molecule has 6 rings (SSSR count). The summed E-state index contributed by atoms with van der Waals surface area (Å²) >= 11 is 0. The van der Waals surface area contributed by atoms with E-state index in [4.69, 9.17) is 0 Å². The molecule has 4 heterocycles. The fourth-order valence-corrected chi connectivity index (χ4v) is 5.12. The van der Waals surface area contributed by atoms with E-state index < -0.39 is 5.54 Å². The molecule has 3 aromatic heterocycles. The van der Waals surface area contributed by atoms with E-state index >= 15 is 0 Å². The standard InChI is InChI=1S/C26H26FN7O2/c1-14-11-28-25(29-12-14)26(5-6-26)33(3)24(36)22-18-13-34(7-4-19(18)31-32-22)23(35)21-10-17-15(2)8-16(27)9-20(17)30-21/h8-12,30H,4-7,13H2,1-3H3,(H,31,32). The molecular weight excluding hydrogens is 461 g/mol. The van der Waals surface area contributed by atoms with Crippen LogP contribution in [0.25, 0.3) is 10.9 Å². The molecule has 9 nitrogen and oxygen atoms in total. The van der Waals surface area contributed by atoms with Gasteiger partial charge in [0, 0.05) is 48.9 Å². The molecule has 1 saturated carbocycles. The number of fused-ring (bicyclic) bond motifs is 2. The predicted octanol–water partition coefficient (Wildman–Crippen LogP) is 3.40. The summed E-state index contributed by atoms with van der Waals surface area (Å²) in [6.07, 6.45) is 5.65. The van der Waals surface area contributed by atoms with Crippen LogP contribution in [0, 0.1) is 19.7 Å². The summed E-state index contributed by atoms with van der Waals surface area (Å²) in [7, 11) is 1.77. The fraction of sp³-hybridized carbons (Fsp3) is 0.346. The minimum atomic E-state index is -0.523. The SMILES string of the molecule is Cc1cnc(C2(N(C)C(=O)c3[nH]nc4c3CN(C(=O)c3cc5c(C)cc(F)cc5[nH]3)CC4)CC2)nc1. The van der Waals surface area contributed by atoms with Gasteiger partial charge in [-0.25, -0.2) is 14.4 Å². The van der Waals surface area contributed by atoms with Gasteiger partial charge in [0.1, 0.15) is 22.7 Å². The van der Waals surface area contributed by atoms with Gasteiger partial charge in [-0.05, 0) is 56.0 Å². The highest BCUT2D eigenvalue weighted by molar-refractivity contribution is 5.99. The Labute approximate surface area is 206 Å². The number of nitrogens with zero attached hydrogens (tertiary/aromatic N) is 5. The van der Waals surface area contributed by atoms with Gasteiger partial charge in [-0.15, -0.1) is 0 Å². The second-order valence-electron chi connectivity index (χ2n) is 9.85. The zero-order chi connectivity index (χ0) is 25.2. The van der Waals surface area contributed by atoms with E-state index in [0.29, 0.717) is 35.7 Å². The Hall–Kier alpha value is -4.08. The first-order chi connectivity index (χ1) is 17.3. The summed E-state index contributed by atoms with van der Waals surface area (Å²) < 4.78 is 13.8. The van der Waals surface area contributed by atoms with Crippen molar-refractivity contribution in [3.8, 4) is 0 Å². The maximum atomic E-state index is 13.8. The average Bonchev–Trinajstić information content (AvgIpc) is 3.38. The van der Waals surface area contributed by atoms with Gasteiger partial charge < -0.3 is 14.8 Å². The molecule has 184 valence electrons. The lowest BCUT2D eigenvalue weighted by Gasteiger charge is -2.29.